The van der Waals surface area contributed by atoms with E-state index in [2.05, 4.69) is 48.2 Å². The summed E-state index contributed by atoms with van der Waals surface area (Å²) < 4.78 is 0. The van der Waals surface area contributed by atoms with E-state index < -0.39 is 0 Å². The third-order valence-corrected chi connectivity index (χ3v) is 4.16. The molecule has 20 heavy (non-hydrogen) atoms. The summed E-state index contributed by atoms with van der Waals surface area (Å²) in [6.45, 7) is 5.16. The van der Waals surface area contributed by atoms with Gasteiger partial charge in [0.05, 0.1) is 0 Å². The van der Waals surface area contributed by atoms with Crippen LogP contribution in [-0.4, -0.2) is 9.89 Å². The van der Waals surface area contributed by atoms with Gasteiger partial charge in [0.15, 0.2) is 0 Å². The van der Waals surface area contributed by atoms with Gasteiger partial charge in [-0.2, -0.15) is 0 Å². The van der Waals surface area contributed by atoms with Gasteiger partial charge in [-0.15, -0.1) is 0 Å². The van der Waals surface area contributed by atoms with Crippen LogP contribution in [0.1, 0.15) is 27.8 Å². The number of hydrogen-bond acceptors (Lipinski definition) is 2. The molecule has 0 spiro atoms. The number of nitrogens with zero attached hydrogens (tertiary/aromatic N) is 1. The van der Waals surface area contributed by atoms with Gasteiger partial charge in [-0.3, -0.25) is 4.90 Å². The molecule has 0 unspecified atom stereocenters. The normalized spacial score (nSPS) is 14.2. The average Bonchev–Trinajstić information content (AvgIpc) is 2.83. The molecule has 2 nitrogen and oxygen atoms in total. The van der Waals surface area contributed by atoms with Gasteiger partial charge in [0.2, 0.25) is 0 Å². The molecular weight excluding hydrogens is 264 g/mol. The van der Waals surface area contributed by atoms with Crippen LogP contribution < -0.4 is 5.73 Å². The Hall–Kier alpha value is -1.71. The topological polar surface area (TPSA) is 29.3 Å². The molecule has 0 aliphatic carbocycles. The van der Waals surface area contributed by atoms with Crippen molar-refractivity contribution in [1.82, 2.24) is 4.90 Å². The molecule has 0 radical (unpaired) electrons. The number of hydrogen-bond donors (Lipinski definition) is 1. The van der Waals surface area contributed by atoms with E-state index in [1.165, 1.54) is 22.3 Å². The van der Waals surface area contributed by atoms with E-state index in [4.69, 9.17) is 18.0 Å². The number of fused-ring (bicyclic) bond motifs is 1. The van der Waals surface area contributed by atoms with Gasteiger partial charge in [0.1, 0.15) is 4.99 Å². The summed E-state index contributed by atoms with van der Waals surface area (Å²) in [7, 11) is 0. The summed E-state index contributed by atoms with van der Waals surface area (Å²) in [6.07, 6.45) is 0. The lowest BCUT2D eigenvalue weighted by Gasteiger charge is -2.17. The lowest BCUT2D eigenvalue weighted by atomic mass is 10.0. The summed E-state index contributed by atoms with van der Waals surface area (Å²) >= 11 is 5.02. The van der Waals surface area contributed by atoms with Crippen molar-refractivity contribution in [2.24, 2.45) is 5.73 Å². The molecular formula is C17H18N2S. The minimum absolute atomic E-state index is 0.466. The number of aryl methyl sites for hydroxylation is 1. The molecule has 0 saturated heterocycles. The highest BCUT2D eigenvalue weighted by molar-refractivity contribution is 7.80. The van der Waals surface area contributed by atoms with Crippen LogP contribution in [0.3, 0.4) is 0 Å². The molecule has 102 valence electrons. The van der Waals surface area contributed by atoms with Gasteiger partial charge < -0.3 is 5.73 Å². The highest BCUT2D eigenvalue weighted by atomic mass is 32.1. The predicted octanol–water partition coefficient (Wildman–Crippen LogP) is 3.15. The van der Waals surface area contributed by atoms with Gasteiger partial charge in [0.25, 0.3) is 0 Å². The lowest BCUT2D eigenvalue weighted by Crippen LogP contribution is -2.17. The van der Waals surface area contributed by atoms with Gasteiger partial charge in [-0.05, 0) is 35.2 Å². The van der Waals surface area contributed by atoms with Crippen molar-refractivity contribution in [2.75, 3.05) is 0 Å². The zero-order valence-corrected chi connectivity index (χ0v) is 12.4. The van der Waals surface area contributed by atoms with Crippen LogP contribution in [0.5, 0.6) is 0 Å². The van der Waals surface area contributed by atoms with Crippen molar-refractivity contribution in [3.05, 3.63) is 70.3 Å². The molecule has 3 rings (SSSR count). The number of nitrogens with two attached hydrogens (primary N) is 1. The fraction of sp³-hybridized carbons (Fsp3) is 0.235. The van der Waals surface area contributed by atoms with Crippen LogP contribution in [0, 0.1) is 6.92 Å². The molecule has 1 aliphatic rings. The summed E-state index contributed by atoms with van der Waals surface area (Å²) in [6, 6.07) is 14.9. The van der Waals surface area contributed by atoms with Crippen LogP contribution in [0.25, 0.3) is 0 Å². The molecule has 1 heterocycles. The summed E-state index contributed by atoms with van der Waals surface area (Å²) in [5, 5.41) is 0. The summed E-state index contributed by atoms with van der Waals surface area (Å²) in [5.41, 5.74) is 12.1. The Bertz CT molecular complexity index is 639. The Morgan fingerprint density at radius 2 is 1.80 bits per heavy atom. The molecule has 0 aromatic heterocycles. The Morgan fingerprint density at radius 1 is 1.15 bits per heavy atom. The third kappa shape index (κ3) is 2.60. The Morgan fingerprint density at radius 3 is 2.35 bits per heavy atom. The minimum atomic E-state index is 0.466. The summed E-state index contributed by atoms with van der Waals surface area (Å²) in [5.74, 6) is 0. The molecule has 1 aliphatic heterocycles. The first kappa shape index (κ1) is 13.3. The second-order valence-corrected chi connectivity index (χ2v) is 5.86. The molecule has 3 heteroatoms. The van der Waals surface area contributed by atoms with Crippen LogP contribution in [0.15, 0.2) is 42.5 Å². The van der Waals surface area contributed by atoms with Crippen molar-refractivity contribution in [3.63, 3.8) is 0 Å². The fourth-order valence-corrected chi connectivity index (χ4v) is 2.91. The minimum Gasteiger partial charge on any atom is -0.389 e. The molecule has 0 atom stereocenters. The van der Waals surface area contributed by atoms with E-state index >= 15 is 0 Å². The van der Waals surface area contributed by atoms with Crippen LogP contribution in [0.4, 0.5) is 0 Å². The molecule has 0 fully saturated rings. The third-order valence-electron chi connectivity index (χ3n) is 3.93. The standard InChI is InChI=1S/C17H18N2S/c1-12-8-13(17(18)20)6-7-14(12)9-19-10-15-4-2-3-5-16(15)11-19/h2-8H,9-11H2,1H3,(H2,18,20). The van der Waals surface area contributed by atoms with Gasteiger partial charge in [-0.1, -0.05) is 48.6 Å². The molecule has 0 saturated carbocycles. The summed E-state index contributed by atoms with van der Waals surface area (Å²) in [4.78, 5) is 2.93. The number of benzene rings is 2. The first-order valence-corrected chi connectivity index (χ1v) is 7.23. The van der Waals surface area contributed by atoms with Crippen molar-refractivity contribution >= 4 is 17.2 Å². The average molecular weight is 282 g/mol. The molecule has 0 bridgehead atoms. The van der Waals surface area contributed by atoms with Gasteiger partial charge >= 0.3 is 0 Å². The monoisotopic (exact) mass is 282 g/mol. The van der Waals surface area contributed by atoms with Crippen molar-refractivity contribution < 1.29 is 0 Å². The van der Waals surface area contributed by atoms with Gasteiger partial charge in [-0.25, -0.2) is 0 Å². The van der Waals surface area contributed by atoms with Crippen molar-refractivity contribution in [1.29, 1.82) is 0 Å². The zero-order chi connectivity index (χ0) is 14.1. The molecule has 0 amide bonds. The Balaban J connectivity index is 1.75. The van der Waals surface area contributed by atoms with Crippen LogP contribution in [0.2, 0.25) is 0 Å². The second kappa shape index (κ2) is 5.35. The smallest absolute Gasteiger partial charge is 0.103 e. The van der Waals surface area contributed by atoms with E-state index in [1.54, 1.807) is 0 Å². The van der Waals surface area contributed by atoms with E-state index in [1.807, 2.05) is 6.07 Å². The molecule has 2 aromatic rings. The first-order chi connectivity index (χ1) is 9.63. The van der Waals surface area contributed by atoms with Crippen LogP contribution >= 0.6 is 12.2 Å². The second-order valence-electron chi connectivity index (χ2n) is 5.42. The lowest BCUT2D eigenvalue weighted by molar-refractivity contribution is 0.275. The quantitative estimate of drug-likeness (QED) is 0.877. The van der Waals surface area contributed by atoms with E-state index in [-0.39, 0.29) is 0 Å². The van der Waals surface area contributed by atoms with E-state index in [0.29, 0.717) is 4.99 Å². The zero-order valence-electron chi connectivity index (χ0n) is 11.6. The van der Waals surface area contributed by atoms with Crippen molar-refractivity contribution in [2.45, 2.75) is 26.6 Å². The number of rotatable bonds is 3. The number of thiocarbonyl (C=S) groups is 1. The maximum Gasteiger partial charge on any atom is 0.103 e. The SMILES string of the molecule is Cc1cc(C(N)=S)ccc1CN1Cc2ccccc2C1. The maximum atomic E-state index is 5.67. The Labute approximate surface area is 125 Å². The molecule has 2 aromatic carbocycles. The van der Waals surface area contributed by atoms with Crippen molar-refractivity contribution in [3.8, 4) is 0 Å². The maximum absolute atomic E-state index is 5.67. The fourth-order valence-electron chi connectivity index (χ4n) is 2.78. The first-order valence-electron chi connectivity index (χ1n) is 6.82. The highest BCUT2D eigenvalue weighted by Gasteiger charge is 2.18. The van der Waals surface area contributed by atoms with Crippen LogP contribution in [-0.2, 0) is 19.6 Å². The van der Waals surface area contributed by atoms with Gasteiger partial charge in [0, 0.05) is 25.2 Å². The predicted molar refractivity (Wildman–Crippen MR) is 86.5 cm³/mol. The molecule has 2 N–H and O–H groups in total. The van der Waals surface area contributed by atoms with E-state index in [9.17, 15) is 0 Å². The highest BCUT2D eigenvalue weighted by Crippen LogP contribution is 2.25. The van der Waals surface area contributed by atoms with E-state index in [0.717, 1.165) is 25.2 Å². The Kier molecular flexibility index (Phi) is 3.55. The largest absolute Gasteiger partial charge is 0.389 e.